The number of nitrogens with two attached hydrogens (primary N) is 1. The average molecular weight is 428 g/mol. The van der Waals surface area contributed by atoms with E-state index in [0.29, 0.717) is 35.5 Å². The van der Waals surface area contributed by atoms with Crippen LogP contribution in [0.4, 0.5) is 22.7 Å². The summed E-state index contributed by atoms with van der Waals surface area (Å²) in [5, 5.41) is 18.1. The summed E-state index contributed by atoms with van der Waals surface area (Å²) in [6, 6.07) is 19.9. The first-order valence-electron chi connectivity index (χ1n) is 10.3. The molecule has 0 atom stereocenters. The van der Waals surface area contributed by atoms with Gasteiger partial charge in [-0.1, -0.05) is 24.3 Å². The van der Waals surface area contributed by atoms with Crippen LogP contribution in [-0.2, 0) is 11.2 Å². The minimum Gasteiger partial charge on any atom is -0.397 e. The number of hydrogen-bond donors (Lipinski definition) is 5. The Morgan fingerprint density at radius 3 is 2.59 bits per heavy atom. The minimum atomic E-state index is -0.241. The quantitative estimate of drug-likeness (QED) is 0.292. The molecule has 1 aliphatic rings. The van der Waals surface area contributed by atoms with Crippen LogP contribution in [0.25, 0.3) is 5.57 Å². The Morgan fingerprint density at radius 2 is 1.84 bits per heavy atom. The van der Waals surface area contributed by atoms with Crippen molar-refractivity contribution in [3.8, 4) is 0 Å². The van der Waals surface area contributed by atoms with Gasteiger partial charge in [0.25, 0.3) is 11.8 Å². The predicted octanol–water partition coefficient (Wildman–Crippen LogP) is 3.50. The highest BCUT2D eigenvalue weighted by Crippen LogP contribution is 2.32. The van der Waals surface area contributed by atoms with Gasteiger partial charge in [-0.25, -0.2) is 0 Å². The van der Waals surface area contributed by atoms with Crippen LogP contribution in [0.15, 0.2) is 72.8 Å². The van der Waals surface area contributed by atoms with E-state index in [1.807, 2.05) is 48.5 Å². The predicted molar refractivity (Wildman–Crippen MR) is 128 cm³/mol. The van der Waals surface area contributed by atoms with E-state index in [1.165, 1.54) is 0 Å². The fourth-order valence-corrected chi connectivity index (χ4v) is 3.54. The lowest BCUT2D eigenvalue weighted by molar-refractivity contribution is -0.110. The first kappa shape index (κ1) is 21.1. The van der Waals surface area contributed by atoms with Gasteiger partial charge in [0.15, 0.2) is 0 Å². The Bertz CT molecular complexity index is 1190. The van der Waals surface area contributed by atoms with Crippen LogP contribution in [-0.4, -0.2) is 30.1 Å². The molecular formula is C25H24N4O3. The molecule has 4 rings (SSSR count). The minimum absolute atomic E-state index is 0.0630. The van der Waals surface area contributed by atoms with Crippen LogP contribution >= 0.6 is 0 Å². The zero-order chi connectivity index (χ0) is 22.5. The van der Waals surface area contributed by atoms with Crippen molar-refractivity contribution >= 4 is 40.1 Å². The Hall–Kier alpha value is -4.10. The number of benzene rings is 3. The lowest BCUT2D eigenvalue weighted by atomic mass is 10.0. The summed E-state index contributed by atoms with van der Waals surface area (Å²) < 4.78 is 0. The molecular weight excluding hydrogens is 404 g/mol. The van der Waals surface area contributed by atoms with Crippen LogP contribution in [0.1, 0.15) is 21.5 Å². The zero-order valence-corrected chi connectivity index (χ0v) is 17.4. The van der Waals surface area contributed by atoms with Crippen molar-refractivity contribution in [2.24, 2.45) is 0 Å². The van der Waals surface area contributed by atoms with E-state index in [0.717, 1.165) is 22.5 Å². The molecule has 2 amide bonds. The van der Waals surface area contributed by atoms with Crippen LogP contribution < -0.4 is 21.7 Å². The van der Waals surface area contributed by atoms with E-state index < -0.39 is 0 Å². The number of nitrogens with one attached hydrogen (secondary N) is 3. The number of carbonyl (C=O) groups excluding carboxylic acids is 2. The van der Waals surface area contributed by atoms with E-state index in [2.05, 4.69) is 16.0 Å². The third-order valence-electron chi connectivity index (χ3n) is 5.24. The number of anilines is 4. The van der Waals surface area contributed by atoms with Gasteiger partial charge in [0.05, 0.1) is 11.4 Å². The van der Waals surface area contributed by atoms with Crippen molar-refractivity contribution < 1.29 is 14.7 Å². The summed E-state index contributed by atoms with van der Waals surface area (Å²) in [4.78, 5) is 24.8. The number of aliphatic hydroxyl groups excluding tert-OH is 1. The normalized spacial score (nSPS) is 13.5. The third kappa shape index (κ3) is 4.63. The molecule has 0 unspecified atom stereocenters. The summed E-state index contributed by atoms with van der Waals surface area (Å²) in [6.45, 7) is 0.506. The molecule has 162 valence electrons. The van der Waals surface area contributed by atoms with Crippen molar-refractivity contribution in [1.82, 2.24) is 0 Å². The Kier molecular flexibility index (Phi) is 6.19. The lowest BCUT2D eigenvalue weighted by Crippen LogP contribution is -2.13. The first-order chi connectivity index (χ1) is 15.5. The fourth-order valence-electron chi connectivity index (χ4n) is 3.54. The van der Waals surface area contributed by atoms with Gasteiger partial charge in [-0.15, -0.1) is 0 Å². The second-order valence-corrected chi connectivity index (χ2v) is 7.43. The van der Waals surface area contributed by atoms with E-state index in [1.54, 1.807) is 24.3 Å². The van der Waals surface area contributed by atoms with E-state index in [4.69, 9.17) is 10.8 Å². The summed E-state index contributed by atoms with van der Waals surface area (Å²) in [7, 11) is 0. The molecule has 1 heterocycles. The van der Waals surface area contributed by atoms with Gasteiger partial charge in [0.1, 0.15) is 0 Å². The van der Waals surface area contributed by atoms with Crippen LogP contribution in [0.3, 0.4) is 0 Å². The van der Waals surface area contributed by atoms with Gasteiger partial charge in [-0.3, -0.25) is 9.59 Å². The zero-order valence-electron chi connectivity index (χ0n) is 17.4. The smallest absolute Gasteiger partial charge is 0.256 e. The van der Waals surface area contributed by atoms with E-state index in [9.17, 15) is 9.59 Å². The molecule has 0 fully saturated rings. The van der Waals surface area contributed by atoms with Gasteiger partial charge in [0, 0.05) is 41.2 Å². The van der Waals surface area contributed by atoms with Crippen molar-refractivity contribution in [1.29, 1.82) is 0 Å². The molecule has 7 heteroatoms. The number of amides is 2. The highest BCUT2D eigenvalue weighted by molar-refractivity contribution is 6.31. The number of fused-ring (bicyclic) bond motifs is 1. The number of carbonyl (C=O) groups is 2. The molecule has 0 bridgehead atoms. The Morgan fingerprint density at radius 1 is 1.06 bits per heavy atom. The number of rotatable bonds is 7. The summed E-state index contributed by atoms with van der Waals surface area (Å²) in [5.74, 6) is -0.385. The molecule has 0 saturated heterocycles. The largest absolute Gasteiger partial charge is 0.397 e. The summed E-state index contributed by atoms with van der Waals surface area (Å²) >= 11 is 0. The van der Waals surface area contributed by atoms with Gasteiger partial charge >= 0.3 is 0 Å². The highest BCUT2D eigenvalue weighted by atomic mass is 16.3. The molecule has 1 aliphatic heterocycles. The summed E-state index contributed by atoms with van der Waals surface area (Å²) in [6.07, 6.45) is 2.38. The van der Waals surface area contributed by atoms with Crippen molar-refractivity contribution in [3.05, 3.63) is 89.5 Å². The molecule has 0 aromatic heterocycles. The topological polar surface area (TPSA) is 116 Å². The molecule has 3 aromatic rings. The Balaban J connectivity index is 1.39. The number of para-hydroxylation sites is 2. The lowest BCUT2D eigenvalue weighted by Gasteiger charge is -2.09. The SMILES string of the molecule is Nc1ccccc1NC(=O)c1ccc(NCC=C2C(=O)Nc3ccc(CCO)cc32)cc1. The Labute approximate surface area is 186 Å². The maximum atomic E-state index is 12.4. The van der Waals surface area contributed by atoms with Gasteiger partial charge in [-0.05, 0) is 60.5 Å². The molecule has 32 heavy (non-hydrogen) atoms. The molecule has 6 N–H and O–H groups in total. The van der Waals surface area contributed by atoms with Crippen molar-refractivity contribution in [3.63, 3.8) is 0 Å². The molecule has 0 spiro atoms. The van der Waals surface area contributed by atoms with Gasteiger partial charge < -0.3 is 26.8 Å². The number of hydrogen-bond acceptors (Lipinski definition) is 5. The molecule has 0 radical (unpaired) electrons. The molecule has 7 nitrogen and oxygen atoms in total. The monoisotopic (exact) mass is 428 g/mol. The van der Waals surface area contributed by atoms with Gasteiger partial charge in [-0.2, -0.15) is 0 Å². The molecule has 3 aromatic carbocycles. The standard InChI is InChI=1S/C25H24N4O3/c26-21-3-1-2-4-23(21)29-24(31)17-6-8-18(9-7-17)27-13-11-19-20-15-16(12-14-30)5-10-22(20)28-25(19)32/h1-11,15,27,30H,12-14,26H2,(H,28,32)(H,29,31). The number of nitrogen functional groups attached to an aromatic ring is 1. The third-order valence-corrected chi connectivity index (χ3v) is 5.24. The van der Waals surface area contributed by atoms with Crippen LogP contribution in [0.2, 0.25) is 0 Å². The highest BCUT2D eigenvalue weighted by Gasteiger charge is 2.23. The van der Waals surface area contributed by atoms with Crippen LogP contribution in [0, 0.1) is 0 Å². The molecule has 0 aliphatic carbocycles. The first-order valence-corrected chi connectivity index (χ1v) is 10.3. The van der Waals surface area contributed by atoms with Gasteiger partial charge in [0.2, 0.25) is 0 Å². The van der Waals surface area contributed by atoms with Crippen molar-refractivity contribution in [2.45, 2.75) is 6.42 Å². The maximum Gasteiger partial charge on any atom is 0.256 e. The molecule has 0 saturated carbocycles. The van der Waals surface area contributed by atoms with Crippen molar-refractivity contribution in [2.75, 3.05) is 34.8 Å². The fraction of sp³-hybridized carbons (Fsp3) is 0.120. The maximum absolute atomic E-state index is 12.4. The summed E-state index contributed by atoms with van der Waals surface area (Å²) in [5.41, 5.74) is 11.5. The second kappa shape index (κ2) is 9.36. The van der Waals surface area contributed by atoms with E-state index in [-0.39, 0.29) is 18.4 Å². The average Bonchev–Trinajstić information content (AvgIpc) is 3.10. The van der Waals surface area contributed by atoms with Crippen LogP contribution in [0.5, 0.6) is 0 Å². The van der Waals surface area contributed by atoms with E-state index >= 15 is 0 Å². The number of aliphatic hydroxyl groups is 1. The second-order valence-electron chi connectivity index (χ2n) is 7.43.